The van der Waals surface area contributed by atoms with Gasteiger partial charge in [-0.15, -0.1) is 0 Å². The molecule has 1 heterocycles. The molecular weight excluding hydrogens is 348 g/mol. The molecule has 7 heteroatoms. The number of fused-ring (bicyclic) bond motifs is 1. The molecule has 1 saturated carbocycles. The summed E-state index contributed by atoms with van der Waals surface area (Å²) >= 11 is 0. The third kappa shape index (κ3) is 4.53. The quantitative estimate of drug-likeness (QED) is 0.713. The van der Waals surface area contributed by atoms with Crippen molar-refractivity contribution in [2.75, 3.05) is 6.61 Å². The Balaban J connectivity index is 1.58. The molecule has 1 fully saturated rings. The maximum atomic E-state index is 12.3. The molecule has 2 amide bonds. The van der Waals surface area contributed by atoms with Crippen molar-refractivity contribution >= 4 is 23.0 Å². The molecular formula is C20H26N2O5. The van der Waals surface area contributed by atoms with E-state index in [0.29, 0.717) is 49.4 Å². The third-order valence-electron chi connectivity index (χ3n) is 5.01. The van der Waals surface area contributed by atoms with E-state index in [1.807, 2.05) is 38.1 Å². The summed E-state index contributed by atoms with van der Waals surface area (Å²) in [6.45, 7) is 4.33. The molecule has 1 atom stereocenters. The number of furan rings is 1. The van der Waals surface area contributed by atoms with E-state index in [1.54, 1.807) is 0 Å². The lowest BCUT2D eigenvalue weighted by molar-refractivity contribution is -0.142. The minimum absolute atomic E-state index is 0.00744. The summed E-state index contributed by atoms with van der Waals surface area (Å²) in [4.78, 5) is 23.3. The first kappa shape index (κ1) is 19.1. The van der Waals surface area contributed by atoms with Crippen molar-refractivity contribution in [2.24, 2.45) is 5.92 Å². The fourth-order valence-electron chi connectivity index (χ4n) is 3.52. The Kier molecular flexibility index (Phi) is 5.88. The van der Waals surface area contributed by atoms with Gasteiger partial charge in [0.25, 0.3) is 0 Å². The second kappa shape index (κ2) is 8.33. The number of para-hydroxylation sites is 1. The van der Waals surface area contributed by atoms with Crippen LogP contribution in [-0.4, -0.2) is 29.8 Å². The van der Waals surface area contributed by atoms with Gasteiger partial charge in [0, 0.05) is 11.4 Å². The lowest BCUT2D eigenvalue weighted by atomic mass is 9.86. The molecule has 7 nitrogen and oxygen atoms in total. The number of ether oxygens (including phenoxy) is 1. The Bertz CT molecular complexity index is 808. The van der Waals surface area contributed by atoms with Crippen LogP contribution in [0, 0.1) is 5.92 Å². The van der Waals surface area contributed by atoms with Crippen LogP contribution in [0.2, 0.25) is 0 Å². The van der Waals surface area contributed by atoms with Crippen molar-refractivity contribution in [1.29, 1.82) is 0 Å². The minimum Gasteiger partial charge on any atom is -0.490 e. The number of rotatable bonds is 6. The molecule has 146 valence electrons. The lowest BCUT2D eigenvalue weighted by Gasteiger charge is -2.27. The van der Waals surface area contributed by atoms with Crippen LogP contribution in [0.4, 0.5) is 4.79 Å². The van der Waals surface area contributed by atoms with Gasteiger partial charge in [-0.1, -0.05) is 12.1 Å². The van der Waals surface area contributed by atoms with Gasteiger partial charge in [-0.3, -0.25) is 4.79 Å². The maximum Gasteiger partial charge on any atom is 0.315 e. The summed E-state index contributed by atoms with van der Waals surface area (Å²) in [6, 6.07) is 7.05. The minimum atomic E-state index is -0.747. The van der Waals surface area contributed by atoms with Crippen LogP contribution in [0.25, 0.3) is 11.0 Å². The third-order valence-corrected chi connectivity index (χ3v) is 5.01. The number of amides is 2. The fraction of sp³-hybridized carbons (Fsp3) is 0.500. The first-order chi connectivity index (χ1) is 13.0. The number of hydrogen-bond donors (Lipinski definition) is 3. The molecule has 2 aromatic rings. The number of benzene rings is 1. The molecule has 0 aliphatic heterocycles. The molecule has 1 aliphatic rings. The Morgan fingerprint density at radius 2 is 2.04 bits per heavy atom. The highest BCUT2D eigenvalue weighted by Crippen LogP contribution is 2.31. The predicted octanol–water partition coefficient (Wildman–Crippen LogP) is 3.84. The second-order valence-electron chi connectivity index (χ2n) is 6.98. The molecule has 0 saturated heterocycles. The summed E-state index contributed by atoms with van der Waals surface area (Å²) < 4.78 is 11.5. The normalized spacial score (nSPS) is 20.8. The van der Waals surface area contributed by atoms with Gasteiger partial charge in [-0.25, -0.2) is 4.79 Å². The number of carbonyl (C=O) groups is 2. The van der Waals surface area contributed by atoms with Crippen molar-refractivity contribution in [3.8, 4) is 5.75 Å². The number of hydrogen-bond acceptors (Lipinski definition) is 4. The van der Waals surface area contributed by atoms with Gasteiger partial charge in [0.1, 0.15) is 5.76 Å². The number of carboxylic acid groups (broad SMARTS) is 1. The van der Waals surface area contributed by atoms with Gasteiger partial charge in [0.2, 0.25) is 0 Å². The zero-order valence-corrected chi connectivity index (χ0v) is 15.7. The van der Waals surface area contributed by atoms with Crippen molar-refractivity contribution in [1.82, 2.24) is 10.6 Å². The standard InChI is InChI=1S/C20H26N2O5/c1-3-26-16-6-4-5-14-11-17(27-18(14)16)12(2)21-20(25)22-15-9-7-13(8-10-15)19(23)24/h4-6,11-13,15H,3,7-10H2,1-2H3,(H,23,24)(H2,21,22,25). The van der Waals surface area contributed by atoms with Crippen LogP contribution in [0.5, 0.6) is 5.75 Å². The average molecular weight is 374 g/mol. The fourth-order valence-corrected chi connectivity index (χ4v) is 3.52. The number of carboxylic acids is 1. The Morgan fingerprint density at radius 3 is 2.70 bits per heavy atom. The topological polar surface area (TPSA) is 101 Å². The molecule has 0 radical (unpaired) electrons. The van der Waals surface area contributed by atoms with Gasteiger partial charge < -0.3 is 24.9 Å². The van der Waals surface area contributed by atoms with Gasteiger partial charge in [0.15, 0.2) is 11.3 Å². The summed E-state index contributed by atoms with van der Waals surface area (Å²) in [5.74, 6) is 0.304. The summed E-state index contributed by atoms with van der Waals surface area (Å²) in [6.07, 6.45) is 2.56. The van der Waals surface area contributed by atoms with E-state index in [-0.39, 0.29) is 24.0 Å². The van der Waals surface area contributed by atoms with E-state index >= 15 is 0 Å². The van der Waals surface area contributed by atoms with Crippen LogP contribution in [0.3, 0.4) is 0 Å². The Labute approximate surface area is 158 Å². The lowest BCUT2D eigenvalue weighted by Crippen LogP contribution is -2.44. The van der Waals surface area contributed by atoms with Gasteiger partial charge in [-0.05, 0) is 51.7 Å². The van der Waals surface area contributed by atoms with Crippen LogP contribution in [-0.2, 0) is 4.79 Å². The van der Waals surface area contributed by atoms with Gasteiger partial charge in [-0.2, -0.15) is 0 Å². The van der Waals surface area contributed by atoms with Crippen molar-refractivity contribution in [2.45, 2.75) is 51.6 Å². The molecule has 27 heavy (non-hydrogen) atoms. The first-order valence-electron chi connectivity index (χ1n) is 9.43. The molecule has 3 N–H and O–H groups in total. The van der Waals surface area contributed by atoms with Crippen molar-refractivity contribution < 1.29 is 23.8 Å². The number of urea groups is 1. The Morgan fingerprint density at radius 1 is 1.30 bits per heavy atom. The monoisotopic (exact) mass is 374 g/mol. The van der Waals surface area contributed by atoms with Gasteiger partial charge in [0.05, 0.1) is 18.6 Å². The van der Waals surface area contributed by atoms with Gasteiger partial charge >= 0.3 is 12.0 Å². The molecule has 0 spiro atoms. The molecule has 3 rings (SSSR count). The second-order valence-corrected chi connectivity index (χ2v) is 6.98. The summed E-state index contributed by atoms with van der Waals surface area (Å²) in [5, 5.41) is 15.8. The predicted molar refractivity (Wildman–Crippen MR) is 101 cm³/mol. The molecule has 0 bridgehead atoms. The van der Waals surface area contributed by atoms with E-state index < -0.39 is 5.97 Å². The number of carbonyl (C=O) groups excluding carboxylic acids is 1. The summed E-state index contributed by atoms with van der Waals surface area (Å²) in [7, 11) is 0. The zero-order valence-electron chi connectivity index (χ0n) is 15.7. The highest BCUT2D eigenvalue weighted by atomic mass is 16.5. The average Bonchev–Trinajstić information content (AvgIpc) is 3.08. The van der Waals surface area contributed by atoms with Crippen LogP contribution >= 0.6 is 0 Å². The number of nitrogens with one attached hydrogen (secondary N) is 2. The van der Waals surface area contributed by atoms with E-state index in [2.05, 4.69) is 10.6 Å². The first-order valence-corrected chi connectivity index (χ1v) is 9.43. The molecule has 1 aliphatic carbocycles. The molecule has 1 aromatic carbocycles. The molecule has 1 aromatic heterocycles. The van der Waals surface area contributed by atoms with E-state index in [9.17, 15) is 9.59 Å². The van der Waals surface area contributed by atoms with E-state index in [1.165, 1.54) is 0 Å². The highest BCUT2D eigenvalue weighted by Gasteiger charge is 2.27. The largest absolute Gasteiger partial charge is 0.490 e. The number of aliphatic carboxylic acids is 1. The van der Waals surface area contributed by atoms with E-state index in [4.69, 9.17) is 14.3 Å². The Hall–Kier alpha value is -2.70. The van der Waals surface area contributed by atoms with Crippen LogP contribution in [0.15, 0.2) is 28.7 Å². The SMILES string of the molecule is CCOc1cccc2cc(C(C)NC(=O)NC3CCC(C(=O)O)CC3)oc12. The van der Waals surface area contributed by atoms with Crippen molar-refractivity contribution in [3.05, 3.63) is 30.0 Å². The van der Waals surface area contributed by atoms with Crippen LogP contribution < -0.4 is 15.4 Å². The summed E-state index contributed by atoms with van der Waals surface area (Å²) in [5.41, 5.74) is 0.676. The van der Waals surface area contributed by atoms with Crippen molar-refractivity contribution in [3.63, 3.8) is 0 Å². The van der Waals surface area contributed by atoms with Crippen LogP contribution in [0.1, 0.15) is 51.3 Å². The smallest absolute Gasteiger partial charge is 0.315 e. The zero-order chi connectivity index (χ0) is 19.4. The molecule has 1 unspecified atom stereocenters. The van der Waals surface area contributed by atoms with E-state index in [0.717, 1.165) is 5.39 Å². The maximum absolute atomic E-state index is 12.3. The highest BCUT2D eigenvalue weighted by molar-refractivity contribution is 5.84.